The monoisotopic (exact) mass is 435 g/mol. The van der Waals surface area contributed by atoms with Crippen LogP contribution in [0.5, 0.6) is 11.5 Å². The summed E-state index contributed by atoms with van der Waals surface area (Å²) in [6.45, 7) is 12.1. The molecule has 0 radical (unpaired) electrons. The molecule has 0 atom stereocenters. The number of aromatic nitrogens is 2. The van der Waals surface area contributed by atoms with Crippen molar-refractivity contribution in [3.8, 4) is 11.5 Å². The zero-order valence-electron chi connectivity index (χ0n) is 18.6. The van der Waals surface area contributed by atoms with Crippen molar-refractivity contribution >= 4 is 23.6 Å². The average Bonchev–Trinajstić information content (AvgIpc) is 3.16. The second-order valence-corrected chi connectivity index (χ2v) is 8.91. The molecule has 0 spiro atoms. The summed E-state index contributed by atoms with van der Waals surface area (Å²) in [6.07, 6.45) is 3.93. The van der Waals surface area contributed by atoms with Crippen molar-refractivity contribution in [3.05, 3.63) is 40.5 Å². The highest BCUT2D eigenvalue weighted by atomic mass is 35.5. The highest BCUT2D eigenvalue weighted by Gasteiger charge is 2.31. The lowest BCUT2D eigenvalue weighted by atomic mass is 9.97. The SMILES string of the molecule is CCCOc1c(Cl)cc(/C=C/C(=O)NC(C)(C)c2noc(C(C)(C)C)n2)cc1OC. The number of benzene rings is 1. The van der Waals surface area contributed by atoms with Gasteiger partial charge in [0, 0.05) is 11.5 Å². The summed E-state index contributed by atoms with van der Waals surface area (Å²) >= 11 is 6.32. The Morgan fingerprint density at radius 1 is 1.27 bits per heavy atom. The molecule has 0 fully saturated rings. The van der Waals surface area contributed by atoms with Gasteiger partial charge in [-0.15, -0.1) is 0 Å². The minimum atomic E-state index is -0.804. The zero-order valence-corrected chi connectivity index (χ0v) is 19.4. The van der Waals surface area contributed by atoms with Crippen molar-refractivity contribution in [1.82, 2.24) is 15.5 Å². The lowest BCUT2D eigenvalue weighted by Gasteiger charge is -2.21. The van der Waals surface area contributed by atoms with E-state index in [9.17, 15) is 4.79 Å². The van der Waals surface area contributed by atoms with Crippen LogP contribution in [0, 0.1) is 0 Å². The number of halogens is 1. The number of methoxy groups -OCH3 is 1. The van der Waals surface area contributed by atoms with Crippen LogP contribution in [-0.4, -0.2) is 29.8 Å². The third-order valence-corrected chi connectivity index (χ3v) is 4.47. The largest absolute Gasteiger partial charge is 0.493 e. The molecule has 2 aromatic rings. The predicted octanol–water partition coefficient (Wildman–Crippen LogP) is 4.88. The van der Waals surface area contributed by atoms with Gasteiger partial charge in [-0.1, -0.05) is 44.5 Å². The summed E-state index contributed by atoms with van der Waals surface area (Å²) in [5.74, 6) is 1.63. The van der Waals surface area contributed by atoms with Crippen molar-refractivity contribution in [2.75, 3.05) is 13.7 Å². The molecule has 1 aromatic heterocycles. The molecule has 0 unspecified atom stereocenters. The number of amides is 1. The minimum Gasteiger partial charge on any atom is -0.493 e. The molecular weight excluding hydrogens is 406 g/mol. The van der Waals surface area contributed by atoms with Crippen molar-refractivity contribution in [1.29, 1.82) is 0 Å². The highest BCUT2D eigenvalue weighted by molar-refractivity contribution is 6.32. The van der Waals surface area contributed by atoms with Crippen molar-refractivity contribution < 1.29 is 18.8 Å². The van der Waals surface area contributed by atoms with Crippen LogP contribution in [0.25, 0.3) is 6.08 Å². The quantitative estimate of drug-likeness (QED) is 0.594. The van der Waals surface area contributed by atoms with Gasteiger partial charge in [0.25, 0.3) is 0 Å². The maximum atomic E-state index is 12.5. The van der Waals surface area contributed by atoms with Crippen LogP contribution in [0.2, 0.25) is 5.02 Å². The molecule has 0 aliphatic rings. The number of nitrogens with zero attached hydrogens (tertiary/aromatic N) is 2. The Labute approximate surface area is 182 Å². The third kappa shape index (κ3) is 5.98. The van der Waals surface area contributed by atoms with Crippen LogP contribution in [0.15, 0.2) is 22.7 Å². The molecule has 30 heavy (non-hydrogen) atoms. The van der Waals surface area contributed by atoms with Gasteiger partial charge in [0.05, 0.1) is 24.3 Å². The van der Waals surface area contributed by atoms with E-state index in [1.54, 1.807) is 25.3 Å². The summed E-state index contributed by atoms with van der Waals surface area (Å²) in [6, 6.07) is 3.49. The molecule has 8 heteroatoms. The fourth-order valence-corrected chi connectivity index (χ4v) is 2.81. The highest BCUT2D eigenvalue weighted by Crippen LogP contribution is 2.37. The summed E-state index contributed by atoms with van der Waals surface area (Å²) in [4.78, 5) is 16.9. The molecule has 1 aromatic carbocycles. The van der Waals surface area contributed by atoms with E-state index in [0.29, 0.717) is 40.4 Å². The van der Waals surface area contributed by atoms with Crippen LogP contribution < -0.4 is 14.8 Å². The first-order chi connectivity index (χ1) is 14.0. The number of carbonyl (C=O) groups is 1. The van der Waals surface area contributed by atoms with Gasteiger partial charge in [-0.25, -0.2) is 0 Å². The van der Waals surface area contributed by atoms with Crippen LogP contribution >= 0.6 is 11.6 Å². The smallest absolute Gasteiger partial charge is 0.244 e. The van der Waals surface area contributed by atoms with Crippen LogP contribution in [0.4, 0.5) is 0 Å². The number of nitrogens with one attached hydrogen (secondary N) is 1. The van der Waals surface area contributed by atoms with Crippen molar-refractivity contribution in [2.24, 2.45) is 0 Å². The fourth-order valence-electron chi connectivity index (χ4n) is 2.54. The Balaban J connectivity index is 2.13. The van der Waals surface area contributed by atoms with Crippen LogP contribution in [0.3, 0.4) is 0 Å². The average molecular weight is 436 g/mol. The summed E-state index contributed by atoms with van der Waals surface area (Å²) in [5.41, 5.74) is -0.360. The Morgan fingerprint density at radius 2 is 1.97 bits per heavy atom. The minimum absolute atomic E-state index is 0.267. The first kappa shape index (κ1) is 23.7. The molecule has 7 nitrogen and oxygen atoms in total. The van der Waals surface area contributed by atoms with Gasteiger partial charge in [0.15, 0.2) is 17.3 Å². The number of rotatable bonds is 8. The fraction of sp³-hybridized carbons (Fsp3) is 0.500. The van der Waals surface area contributed by atoms with Crippen LogP contribution in [0.1, 0.15) is 65.2 Å². The Bertz CT molecular complexity index is 914. The number of hydrogen-bond donors (Lipinski definition) is 1. The Hall–Kier alpha value is -2.54. The van der Waals surface area contributed by atoms with Crippen LogP contribution in [-0.2, 0) is 15.7 Å². The van der Waals surface area contributed by atoms with E-state index < -0.39 is 5.54 Å². The second kappa shape index (κ2) is 9.51. The van der Waals surface area contributed by atoms with Gasteiger partial charge in [-0.05, 0) is 44.0 Å². The van der Waals surface area contributed by atoms with E-state index in [2.05, 4.69) is 15.5 Å². The number of hydrogen-bond acceptors (Lipinski definition) is 6. The summed E-state index contributed by atoms with van der Waals surface area (Å²) in [7, 11) is 1.55. The second-order valence-electron chi connectivity index (χ2n) is 8.50. The van der Waals surface area contributed by atoms with Gasteiger partial charge >= 0.3 is 0 Å². The molecule has 0 saturated heterocycles. The van der Waals surface area contributed by atoms with Crippen molar-refractivity contribution in [3.63, 3.8) is 0 Å². The van der Waals surface area contributed by atoms with Gasteiger partial charge < -0.3 is 19.3 Å². The lowest BCUT2D eigenvalue weighted by Crippen LogP contribution is -2.41. The molecule has 2 rings (SSSR count). The third-order valence-electron chi connectivity index (χ3n) is 4.19. The molecule has 0 aliphatic heterocycles. The van der Waals surface area contributed by atoms with E-state index in [0.717, 1.165) is 6.42 Å². The van der Waals surface area contributed by atoms with Gasteiger partial charge in [0.1, 0.15) is 0 Å². The Morgan fingerprint density at radius 3 is 2.53 bits per heavy atom. The number of carbonyl (C=O) groups excluding carboxylic acids is 1. The van der Waals surface area contributed by atoms with E-state index in [1.807, 2.05) is 41.5 Å². The molecule has 0 bridgehead atoms. The van der Waals surface area contributed by atoms with Gasteiger partial charge in [-0.2, -0.15) is 4.98 Å². The maximum Gasteiger partial charge on any atom is 0.244 e. The van der Waals surface area contributed by atoms with Crippen molar-refractivity contribution in [2.45, 2.75) is 58.9 Å². The molecule has 1 N–H and O–H groups in total. The van der Waals surface area contributed by atoms with E-state index >= 15 is 0 Å². The summed E-state index contributed by atoms with van der Waals surface area (Å²) < 4.78 is 16.3. The van der Waals surface area contributed by atoms with E-state index in [1.165, 1.54) is 6.08 Å². The summed E-state index contributed by atoms with van der Waals surface area (Å²) in [5, 5.41) is 7.33. The molecule has 0 aliphatic carbocycles. The number of ether oxygens (including phenoxy) is 2. The molecule has 1 amide bonds. The standard InChI is InChI=1S/C22H30ClN3O4/c1-8-11-29-18-15(23)12-14(13-16(18)28-7)9-10-17(27)25-22(5,6)19-24-20(30-26-19)21(2,3)4/h9-10,12-13H,8,11H2,1-7H3,(H,25,27)/b10-9+. The lowest BCUT2D eigenvalue weighted by molar-refractivity contribution is -0.118. The first-order valence-electron chi connectivity index (χ1n) is 9.83. The molecule has 1 heterocycles. The topological polar surface area (TPSA) is 86.5 Å². The maximum absolute atomic E-state index is 12.5. The van der Waals surface area contributed by atoms with Gasteiger partial charge in [0.2, 0.25) is 11.8 Å². The van der Waals surface area contributed by atoms with E-state index in [-0.39, 0.29) is 11.3 Å². The first-order valence-corrected chi connectivity index (χ1v) is 10.2. The van der Waals surface area contributed by atoms with E-state index in [4.69, 9.17) is 25.6 Å². The molecule has 164 valence electrons. The molecular formula is C22H30ClN3O4. The van der Waals surface area contributed by atoms with Gasteiger partial charge in [-0.3, -0.25) is 4.79 Å². The zero-order chi connectivity index (χ0) is 22.5. The molecule has 0 saturated carbocycles. The predicted molar refractivity (Wildman–Crippen MR) is 117 cm³/mol. The Kier molecular flexibility index (Phi) is 7.53. The normalized spacial score (nSPS) is 12.3.